The highest BCUT2D eigenvalue weighted by atomic mass is 19.4. The van der Waals surface area contributed by atoms with Crippen molar-refractivity contribution in [3.05, 3.63) is 36.4 Å². The minimum absolute atomic E-state index is 0.0980. The topological polar surface area (TPSA) is 66.2 Å². The molecule has 0 fully saturated rings. The van der Waals surface area contributed by atoms with Crippen LogP contribution in [0.5, 0.6) is 0 Å². The number of fused-ring (bicyclic) bond motifs is 1. The van der Waals surface area contributed by atoms with Crippen molar-refractivity contribution in [1.29, 1.82) is 0 Å². The minimum Gasteiger partial charge on any atom is -0.428 e. The summed E-state index contributed by atoms with van der Waals surface area (Å²) in [5.41, 5.74) is -0.860. The summed E-state index contributed by atoms with van der Waals surface area (Å²) >= 11 is 0. The quantitative estimate of drug-likeness (QED) is 0.492. The fourth-order valence-corrected chi connectivity index (χ4v) is 1.37. The number of hydrogen-bond donors (Lipinski definition) is 0. The van der Waals surface area contributed by atoms with Gasteiger partial charge in [0.1, 0.15) is 17.6 Å². The van der Waals surface area contributed by atoms with Crippen molar-refractivity contribution in [2.45, 2.75) is 6.18 Å². The van der Waals surface area contributed by atoms with Gasteiger partial charge in [-0.2, -0.15) is 13.2 Å². The maximum Gasteiger partial charge on any atom is 0.535 e. The van der Waals surface area contributed by atoms with Crippen molar-refractivity contribution >= 4 is 17.2 Å². The first-order valence-corrected chi connectivity index (χ1v) is 5.30. The Bertz CT molecular complexity index is 651. The maximum absolute atomic E-state index is 12.6. The average molecular weight is 287 g/mol. The van der Waals surface area contributed by atoms with Gasteiger partial charge in [-0.15, -0.1) is 5.10 Å². The number of benzene rings is 1. The van der Waals surface area contributed by atoms with E-state index in [1.807, 2.05) is 0 Å². The third-order valence-corrected chi connectivity index (χ3v) is 2.22. The van der Waals surface area contributed by atoms with Crippen LogP contribution in [0.15, 0.2) is 30.9 Å². The highest BCUT2D eigenvalue weighted by Gasteiger charge is 2.31. The van der Waals surface area contributed by atoms with Gasteiger partial charge in [-0.05, 0) is 23.4 Å². The molecule has 0 unspecified atom stereocenters. The van der Waals surface area contributed by atoms with E-state index < -0.39 is 17.9 Å². The summed E-state index contributed by atoms with van der Waals surface area (Å²) in [6, 6.07) is 2.76. The van der Waals surface area contributed by atoms with E-state index in [9.17, 15) is 18.0 Å². The Balaban J connectivity index is 2.30. The molecule has 0 amide bonds. The molecule has 9 heteroatoms. The molecule has 0 bridgehead atoms. The van der Waals surface area contributed by atoms with Crippen molar-refractivity contribution in [2.24, 2.45) is 0 Å². The molecule has 20 heavy (non-hydrogen) atoms. The highest BCUT2D eigenvalue weighted by Crippen LogP contribution is 2.30. The fraction of sp³-hybridized carbons (Fsp3) is 0.182. The molecule has 0 aliphatic heterocycles. The number of halogens is 3. The monoisotopic (exact) mass is 287 g/mol. The minimum atomic E-state index is -4.52. The molecule has 2 aromatic rings. The van der Waals surface area contributed by atoms with Crippen LogP contribution in [0.25, 0.3) is 11.0 Å². The lowest BCUT2D eigenvalue weighted by Gasteiger charge is -2.06. The Kier molecular flexibility index (Phi) is 3.59. The van der Waals surface area contributed by atoms with Crippen LogP contribution in [-0.4, -0.2) is 27.9 Å². The molecule has 0 saturated carbocycles. The van der Waals surface area contributed by atoms with Gasteiger partial charge in [-0.3, -0.25) is 4.84 Å². The first kappa shape index (κ1) is 13.8. The van der Waals surface area contributed by atoms with Gasteiger partial charge in [0.15, 0.2) is 0 Å². The summed E-state index contributed by atoms with van der Waals surface area (Å²) in [7, 11) is 0. The van der Waals surface area contributed by atoms with Gasteiger partial charge < -0.3 is 4.74 Å². The summed E-state index contributed by atoms with van der Waals surface area (Å²) in [5.74, 6) is 0. The second-order valence-electron chi connectivity index (χ2n) is 3.60. The normalized spacial score (nSPS) is 11.3. The summed E-state index contributed by atoms with van der Waals surface area (Å²) in [6.07, 6.45) is -4.34. The Morgan fingerprint density at radius 1 is 1.45 bits per heavy atom. The lowest BCUT2D eigenvalue weighted by molar-refractivity contribution is -0.137. The van der Waals surface area contributed by atoms with Crippen molar-refractivity contribution in [3.8, 4) is 0 Å². The van der Waals surface area contributed by atoms with Crippen LogP contribution in [0.3, 0.4) is 0 Å². The first-order valence-electron chi connectivity index (χ1n) is 5.30. The number of alkyl halides is 3. The molecule has 2 rings (SSSR count). The predicted molar refractivity (Wildman–Crippen MR) is 60.7 cm³/mol. The molecule has 0 aliphatic carbocycles. The van der Waals surface area contributed by atoms with Crippen molar-refractivity contribution in [1.82, 2.24) is 15.2 Å². The molecule has 1 aromatic carbocycles. The lowest BCUT2D eigenvalue weighted by Crippen LogP contribution is -2.22. The van der Waals surface area contributed by atoms with Gasteiger partial charge in [0, 0.05) is 0 Å². The molecule has 1 heterocycles. The van der Waals surface area contributed by atoms with Crippen molar-refractivity contribution in [3.63, 3.8) is 0 Å². The van der Waals surface area contributed by atoms with Gasteiger partial charge in [0.25, 0.3) is 0 Å². The highest BCUT2D eigenvalue weighted by molar-refractivity contribution is 5.75. The van der Waals surface area contributed by atoms with E-state index in [4.69, 9.17) is 0 Å². The second kappa shape index (κ2) is 5.19. The number of carbonyl (C=O) groups excluding carboxylic acids is 1. The van der Waals surface area contributed by atoms with Gasteiger partial charge in [-0.25, -0.2) is 4.79 Å². The van der Waals surface area contributed by atoms with E-state index in [0.29, 0.717) is 4.85 Å². The first-order chi connectivity index (χ1) is 9.41. The number of hydrogen-bond acceptors (Lipinski definition) is 5. The van der Waals surface area contributed by atoms with Gasteiger partial charge in [0.05, 0.1) is 5.56 Å². The fourth-order valence-electron chi connectivity index (χ4n) is 1.37. The SMILES string of the molecule is C=CCOC(=O)On1nnc2ccc(C(F)(F)F)cc21. The van der Waals surface area contributed by atoms with E-state index in [1.54, 1.807) is 0 Å². The van der Waals surface area contributed by atoms with Crippen LogP contribution in [0.1, 0.15) is 5.56 Å². The largest absolute Gasteiger partial charge is 0.535 e. The maximum atomic E-state index is 12.6. The zero-order valence-corrected chi connectivity index (χ0v) is 9.92. The van der Waals surface area contributed by atoms with Gasteiger partial charge >= 0.3 is 12.3 Å². The number of carbonyl (C=O) groups is 1. The van der Waals surface area contributed by atoms with Crippen molar-refractivity contribution in [2.75, 3.05) is 6.61 Å². The van der Waals surface area contributed by atoms with Crippen LogP contribution in [0, 0.1) is 0 Å². The molecule has 1 aromatic heterocycles. The van der Waals surface area contributed by atoms with E-state index in [0.717, 1.165) is 18.2 Å². The van der Waals surface area contributed by atoms with Crippen LogP contribution in [0.2, 0.25) is 0 Å². The Hall–Kier alpha value is -2.58. The predicted octanol–water partition coefficient (Wildman–Crippen LogP) is 2.20. The van der Waals surface area contributed by atoms with Crippen LogP contribution >= 0.6 is 0 Å². The smallest absolute Gasteiger partial charge is 0.428 e. The standard InChI is InChI=1S/C11H8F3N3O3/c1-2-5-19-10(18)20-17-9-6-7(11(12,13)14)3-4-8(9)15-16-17/h2-4,6H,1,5H2. The Morgan fingerprint density at radius 3 is 2.85 bits per heavy atom. The Morgan fingerprint density at radius 2 is 2.20 bits per heavy atom. The molecule has 6 nitrogen and oxygen atoms in total. The average Bonchev–Trinajstić information content (AvgIpc) is 2.78. The van der Waals surface area contributed by atoms with Crippen molar-refractivity contribution < 1.29 is 27.5 Å². The summed E-state index contributed by atoms with van der Waals surface area (Å²) in [4.78, 5) is 16.4. The third-order valence-electron chi connectivity index (χ3n) is 2.22. The number of rotatable bonds is 3. The molecule has 0 radical (unpaired) electrons. The summed E-state index contributed by atoms with van der Waals surface area (Å²) < 4.78 is 42.3. The number of aromatic nitrogens is 3. The molecule has 0 aliphatic rings. The number of nitrogens with zero attached hydrogens (tertiary/aromatic N) is 3. The van der Waals surface area contributed by atoms with Crippen LogP contribution in [0.4, 0.5) is 18.0 Å². The molecular formula is C11H8F3N3O3. The van der Waals surface area contributed by atoms with Gasteiger partial charge in [0.2, 0.25) is 0 Å². The molecule has 0 saturated heterocycles. The molecule has 0 atom stereocenters. The molecule has 0 N–H and O–H groups in total. The zero-order valence-electron chi connectivity index (χ0n) is 9.92. The molecule has 0 spiro atoms. The van der Waals surface area contributed by atoms with E-state index in [2.05, 4.69) is 26.5 Å². The Labute approximate surface area is 110 Å². The van der Waals surface area contributed by atoms with Crippen LogP contribution < -0.4 is 4.84 Å². The van der Waals surface area contributed by atoms with E-state index in [1.165, 1.54) is 6.08 Å². The van der Waals surface area contributed by atoms with E-state index >= 15 is 0 Å². The zero-order chi connectivity index (χ0) is 14.8. The van der Waals surface area contributed by atoms with Crippen LogP contribution in [-0.2, 0) is 10.9 Å². The summed E-state index contributed by atoms with van der Waals surface area (Å²) in [5, 5.41) is 6.98. The summed E-state index contributed by atoms with van der Waals surface area (Å²) in [6.45, 7) is 3.23. The third kappa shape index (κ3) is 2.87. The van der Waals surface area contributed by atoms with Gasteiger partial charge in [-0.1, -0.05) is 17.5 Å². The molecular weight excluding hydrogens is 279 g/mol. The molecule has 106 valence electrons. The lowest BCUT2D eigenvalue weighted by atomic mass is 10.2. The van der Waals surface area contributed by atoms with E-state index in [-0.39, 0.29) is 17.6 Å². The number of ether oxygens (including phenoxy) is 1. The second-order valence-corrected chi connectivity index (χ2v) is 3.60.